The molecule has 29 heavy (non-hydrogen) atoms. The predicted molar refractivity (Wildman–Crippen MR) is 110 cm³/mol. The first-order valence-corrected chi connectivity index (χ1v) is 9.46. The molecule has 0 radical (unpaired) electrons. The van der Waals surface area contributed by atoms with Gasteiger partial charge in [0.25, 0.3) is 5.91 Å². The fourth-order valence-corrected chi connectivity index (χ4v) is 3.67. The number of ether oxygens (including phenoxy) is 1. The smallest absolute Gasteiger partial charge is 0.254 e. The first kappa shape index (κ1) is 18.8. The van der Waals surface area contributed by atoms with Crippen LogP contribution in [0.15, 0.2) is 71.3 Å². The van der Waals surface area contributed by atoms with Gasteiger partial charge in [-0.3, -0.25) is 9.59 Å². The van der Waals surface area contributed by atoms with Crippen LogP contribution in [0.1, 0.15) is 17.3 Å². The number of hydrogen-bond acceptors (Lipinski definition) is 4. The minimum Gasteiger partial charge on any atom is -0.497 e. The van der Waals surface area contributed by atoms with E-state index in [0.717, 1.165) is 17.0 Å². The molecule has 0 bridgehead atoms. The van der Waals surface area contributed by atoms with Crippen molar-refractivity contribution < 1.29 is 18.7 Å². The number of nitrogens with zero attached hydrogens (tertiary/aromatic N) is 2. The summed E-state index contributed by atoms with van der Waals surface area (Å²) in [5.41, 5.74) is 2.23. The minimum atomic E-state index is -0.151. The van der Waals surface area contributed by atoms with Crippen molar-refractivity contribution >= 4 is 17.5 Å². The van der Waals surface area contributed by atoms with Crippen LogP contribution in [0.4, 0.5) is 5.69 Å². The molecule has 148 valence electrons. The standard InChI is InChI=1S/C23H22N2O4/c1-16-14-24(15-22(26)25(16)19-5-3-6-20(13-19)28-2)23(27)18-10-8-17(9-11-18)21-7-4-12-29-21/h3-13,16H,14-15H2,1-2H3/t16-/m0/s1. The van der Waals surface area contributed by atoms with Crippen LogP contribution in [-0.2, 0) is 4.79 Å². The number of methoxy groups -OCH3 is 1. The zero-order valence-corrected chi connectivity index (χ0v) is 16.4. The molecule has 1 atom stereocenters. The highest BCUT2D eigenvalue weighted by atomic mass is 16.5. The van der Waals surface area contributed by atoms with Gasteiger partial charge in [0.15, 0.2) is 0 Å². The normalized spacial score (nSPS) is 16.8. The Kier molecular flexibility index (Phi) is 5.08. The molecule has 0 aliphatic carbocycles. The highest BCUT2D eigenvalue weighted by Gasteiger charge is 2.33. The quantitative estimate of drug-likeness (QED) is 0.679. The number of furan rings is 1. The number of carbonyl (C=O) groups excluding carboxylic acids is 2. The molecule has 1 aromatic heterocycles. The van der Waals surface area contributed by atoms with E-state index in [9.17, 15) is 9.59 Å². The molecule has 1 aliphatic heterocycles. The van der Waals surface area contributed by atoms with Crippen molar-refractivity contribution in [3.8, 4) is 17.1 Å². The molecule has 0 spiro atoms. The van der Waals surface area contributed by atoms with E-state index in [4.69, 9.17) is 9.15 Å². The molecule has 1 fully saturated rings. The Morgan fingerprint density at radius 3 is 2.55 bits per heavy atom. The number of amides is 2. The van der Waals surface area contributed by atoms with E-state index in [0.29, 0.717) is 17.9 Å². The van der Waals surface area contributed by atoms with Gasteiger partial charge in [-0.2, -0.15) is 0 Å². The fraction of sp³-hybridized carbons (Fsp3) is 0.217. The van der Waals surface area contributed by atoms with Crippen LogP contribution in [0.25, 0.3) is 11.3 Å². The Balaban J connectivity index is 1.49. The topological polar surface area (TPSA) is 63.0 Å². The maximum atomic E-state index is 12.9. The summed E-state index contributed by atoms with van der Waals surface area (Å²) in [5.74, 6) is 1.18. The first-order chi connectivity index (χ1) is 14.1. The van der Waals surface area contributed by atoms with Crippen LogP contribution in [0, 0.1) is 0 Å². The van der Waals surface area contributed by atoms with E-state index in [2.05, 4.69) is 0 Å². The average Bonchev–Trinajstić information content (AvgIpc) is 3.28. The van der Waals surface area contributed by atoms with Crippen molar-refractivity contribution in [1.82, 2.24) is 4.90 Å². The number of hydrogen-bond donors (Lipinski definition) is 0. The molecular formula is C23H22N2O4. The van der Waals surface area contributed by atoms with Crippen molar-refractivity contribution in [3.63, 3.8) is 0 Å². The van der Waals surface area contributed by atoms with Gasteiger partial charge in [0.05, 0.1) is 19.4 Å². The van der Waals surface area contributed by atoms with Crippen LogP contribution < -0.4 is 9.64 Å². The second kappa shape index (κ2) is 7.83. The zero-order chi connectivity index (χ0) is 20.4. The number of piperazine rings is 1. The Morgan fingerprint density at radius 2 is 1.90 bits per heavy atom. The Hall–Kier alpha value is -3.54. The van der Waals surface area contributed by atoms with Gasteiger partial charge in [-0.25, -0.2) is 0 Å². The van der Waals surface area contributed by atoms with E-state index in [1.807, 2.05) is 55.5 Å². The second-order valence-electron chi connectivity index (χ2n) is 7.05. The summed E-state index contributed by atoms with van der Waals surface area (Å²) in [7, 11) is 1.60. The molecule has 6 nitrogen and oxygen atoms in total. The van der Waals surface area contributed by atoms with Crippen LogP contribution in [0.5, 0.6) is 5.75 Å². The zero-order valence-electron chi connectivity index (χ0n) is 16.4. The molecule has 0 unspecified atom stereocenters. The Labute approximate surface area is 169 Å². The lowest BCUT2D eigenvalue weighted by Crippen LogP contribution is -2.57. The van der Waals surface area contributed by atoms with Crippen LogP contribution in [0.3, 0.4) is 0 Å². The first-order valence-electron chi connectivity index (χ1n) is 9.46. The van der Waals surface area contributed by atoms with Crippen molar-refractivity contribution in [2.24, 2.45) is 0 Å². The van der Waals surface area contributed by atoms with Crippen LogP contribution in [0.2, 0.25) is 0 Å². The van der Waals surface area contributed by atoms with E-state index in [1.54, 1.807) is 35.3 Å². The van der Waals surface area contributed by atoms with Crippen molar-refractivity contribution in [1.29, 1.82) is 0 Å². The van der Waals surface area contributed by atoms with Crippen LogP contribution >= 0.6 is 0 Å². The number of benzene rings is 2. The number of carbonyl (C=O) groups is 2. The van der Waals surface area contributed by atoms with Crippen LogP contribution in [-0.4, -0.2) is 43.0 Å². The summed E-state index contributed by atoms with van der Waals surface area (Å²) in [5, 5.41) is 0. The molecule has 3 aromatic rings. The maximum absolute atomic E-state index is 12.9. The SMILES string of the molecule is COc1cccc(N2C(=O)CN(C(=O)c3ccc(-c4ccco4)cc3)C[C@@H]2C)c1. The largest absolute Gasteiger partial charge is 0.497 e. The molecule has 2 aromatic carbocycles. The van der Waals surface area contributed by atoms with Crippen molar-refractivity contribution in [2.75, 3.05) is 25.1 Å². The summed E-state index contributed by atoms with van der Waals surface area (Å²) in [6.07, 6.45) is 1.61. The number of anilines is 1. The molecule has 0 saturated carbocycles. The summed E-state index contributed by atoms with van der Waals surface area (Å²) < 4.78 is 10.6. The van der Waals surface area contributed by atoms with Gasteiger partial charge in [-0.15, -0.1) is 0 Å². The van der Waals surface area contributed by atoms with Crippen molar-refractivity contribution in [2.45, 2.75) is 13.0 Å². The molecular weight excluding hydrogens is 368 g/mol. The van der Waals surface area contributed by atoms with Gasteiger partial charge >= 0.3 is 0 Å². The third kappa shape index (κ3) is 3.74. The van der Waals surface area contributed by atoms with E-state index >= 15 is 0 Å². The molecule has 0 N–H and O–H groups in total. The maximum Gasteiger partial charge on any atom is 0.254 e. The van der Waals surface area contributed by atoms with Gasteiger partial charge in [0, 0.05) is 29.4 Å². The third-order valence-electron chi connectivity index (χ3n) is 5.08. The molecule has 2 heterocycles. The fourth-order valence-electron chi connectivity index (χ4n) is 3.67. The minimum absolute atomic E-state index is 0.0420. The van der Waals surface area contributed by atoms with Gasteiger partial charge in [-0.05, 0) is 43.3 Å². The summed E-state index contributed by atoms with van der Waals surface area (Å²) in [6.45, 7) is 2.44. The predicted octanol–water partition coefficient (Wildman–Crippen LogP) is 3.83. The van der Waals surface area contributed by atoms with Gasteiger partial charge in [-0.1, -0.05) is 18.2 Å². The van der Waals surface area contributed by atoms with Gasteiger partial charge in [0.2, 0.25) is 5.91 Å². The lowest BCUT2D eigenvalue weighted by atomic mass is 10.1. The Morgan fingerprint density at radius 1 is 1.10 bits per heavy atom. The number of rotatable bonds is 4. The van der Waals surface area contributed by atoms with E-state index in [1.165, 1.54) is 0 Å². The van der Waals surface area contributed by atoms with E-state index in [-0.39, 0.29) is 24.4 Å². The summed E-state index contributed by atoms with van der Waals surface area (Å²) in [4.78, 5) is 29.1. The molecule has 4 rings (SSSR count). The molecule has 1 saturated heterocycles. The van der Waals surface area contributed by atoms with E-state index < -0.39 is 0 Å². The van der Waals surface area contributed by atoms with Gasteiger partial charge < -0.3 is 19.0 Å². The summed E-state index contributed by atoms with van der Waals surface area (Å²) >= 11 is 0. The van der Waals surface area contributed by atoms with Crippen molar-refractivity contribution in [3.05, 3.63) is 72.5 Å². The van der Waals surface area contributed by atoms with Gasteiger partial charge in [0.1, 0.15) is 18.1 Å². The Bertz CT molecular complexity index is 1010. The monoisotopic (exact) mass is 390 g/mol. The lowest BCUT2D eigenvalue weighted by Gasteiger charge is -2.39. The molecule has 1 aliphatic rings. The second-order valence-corrected chi connectivity index (χ2v) is 7.05. The highest BCUT2D eigenvalue weighted by molar-refractivity contribution is 6.02. The highest BCUT2D eigenvalue weighted by Crippen LogP contribution is 2.26. The third-order valence-corrected chi connectivity index (χ3v) is 5.08. The lowest BCUT2D eigenvalue weighted by molar-refractivity contribution is -0.121. The molecule has 2 amide bonds. The summed E-state index contributed by atoms with van der Waals surface area (Å²) in [6, 6.07) is 18.2. The molecule has 6 heteroatoms. The average molecular weight is 390 g/mol.